The number of rotatable bonds is 4. The number of halogens is 2. The molecule has 5 heteroatoms. The third-order valence-corrected chi connectivity index (χ3v) is 4.72. The molecule has 18 heavy (non-hydrogen) atoms. The van der Waals surface area contributed by atoms with Gasteiger partial charge in [-0.05, 0) is 59.8 Å². The lowest BCUT2D eigenvalue weighted by Crippen LogP contribution is -2.53. The van der Waals surface area contributed by atoms with Crippen LogP contribution in [0.4, 0.5) is 0 Å². The summed E-state index contributed by atoms with van der Waals surface area (Å²) in [5, 5.41) is 3.56. The van der Waals surface area contributed by atoms with E-state index in [4.69, 9.17) is 17.3 Å². The van der Waals surface area contributed by atoms with Crippen LogP contribution in [0.1, 0.15) is 30.1 Å². The molecule has 1 aliphatic rings. The first-order valence-corrected chi connectivity index (χ1v) is 7.11. The van der Waals surface area contributed by atoms with Gasteiger partial charge in [0.2, 0.25) is 0 Å². The van der Waals surface area contributed by atoms with E-state index >= 15 is 0 Å². The van der Waals surface area contributed by atoms with E-state index in [1.165, 1.54) is 0 Å². The molecule has 0 bridgehead atoms. The van der Waals surface area contributed by atoms with Crippen molar-refractivity contribution in [3.63, 3.8) is 0 Å². The molecule has 1 unspecified atom stereocenters. The van der Waals surface area contributed by atoms with Gasteiger partial charge in [-0.25, -0.2) is 0 Å². The first kappa shape index (κ1) is 13.8. The maximum atomic E-state index is 12.2. The van der Waals surface area contributed by atoms with E-state index in [1.807, 2.05) is 6.92 Å². The van der Waals surface area contributed by atoms with Crippen LogP contribution in [0.15, 0.2) is 22.7 Å². The molecule has 0 aromatic heterocycles. The van der Waals surface area contributed by atoms with Gasteiger partial charge in [-0.15, -0.1) is 0 Å². The fourth-order valence-corrected chi connectivity index (χ4v) is 2.44. The fraction of sp³-hybridized carbons (Fsp3) is 0.462. The van der Waals surface area contributed by atoms with Crippen molar-refractivity contribution >= 4 is 33.4 Å². The largest absolute Gasteiger partial charge is 0.345 e. The number of carbonyl (C=O) groups is 1. The van der Waals surface area contributed by atoms with E-state index < -0.39 is 0 Å². The van der Waals surface area contributed by atoms with Crippen molar-refractivity contribution in [2.45, 2.75) is 25.3 Å². The summed E-state index contributed by atoms with van der Waals surface area (Å²) in [4.78, 5) is 12.2. The van der Waals surface area contributed by atoms with Crippen LogP contribution < -0.4 is 11.1 Å². The second kappa shape index (κ2) is 5.19. The SMILES string of the molecule is CC(CN)(NC(=O)c1ccc(Br)c(Cl)c1)C1CC1. The van der Waals surface area contributed by atoms with E-state index in [2.05, 4.69) is 21.2 Å². The normalized spacial score (nSPS) is 18.2. The lowest BCUT2D eigenvalue weighted by Gasteiger charge is -2.29. The minimum absolute atomic E-state index is 0.121. The van der Waals surface area contributed by atoms with Gasteiger partial charge in [0.05, 0.1) is 10.6 Å². The molecule has 1 aliphatic carbocycles. The van der Waals surface area contributed by atoms with E-state index in [0.717, 1.165) is 17.3 Å². The highest BCUT2D eigenvalue weighted by Gasteiger charge is 2.41. The van der Waals surface area contributed by atoms with Gasteiger partial charge in [-0.2, -0.15) is 0 Å². The number of carbonyl (C=O) groups excluding carboxylic acids is 1. The Hall–Kier alpha value is -0.580. The Morgan fingerprint density at radius 3 is 2.78 bits per heavy atom. The molecular weight excluding hydrogens is 316 g/mol. The van der Waals surface area contributed by atoms with Crippen LogP contribution >= 0.6 is 27.5 Å². The summed E-state index contributed by atoms with van der Waals surface area (Å²) in [6.07, 6.45) is 2.27. The van der Waals surface area contributed by atoms with E-state index in [9.17, 15) is 4.79 Å². The second-order valence-corrected chi connectivity index (χ2v) is 6.24. The van der Waals surface area contributed by atoms with Crippen LogP contribution in [0.3, 0.4) is 0 Å². The topological polar surface area (TPSA) is 55.1 Å². The Balaban J connectivity index is 2.13. The Morgan fingerprint density at radius 1 is 1.61 bits per heavy atom. The zero-order valence-corrected chi connectivity index (χ0v) is 12.5. The smallest absolute Gasteiger partial charge is 0.251 e. The van der Waals surface area contributed by atoms with Gasteiger partial charge in [0.15, 0.2) is 0 Å². The first-order valence-electron chi connectivity index (χ1n) is 5.94. The standard InChI is InChI=1S/C13H16BrClN2O/c1-13(7-16,9-3-4-9)17-12(18)8-2-5-10(14)11(15)6-8/h2,5-6,9H,3-4,7,16H2,1H3,(H,17,18). The molecule has 3 N–H and O–H groups in total. The summed E-state index contributed by atoms with van der Waals surface area (Å²) in [7, 11) is 0. The molecule has 1 atom stereocenters. The molecule has 98 valence electrons. The predicted molar refractivity (Wildman–Crippen MR) is 76.8 cm³/mol. The van der Waals surface area contributed by atoms with Crippen molar-refractivity contribution in [1.82, 2.24) is 5.32 Å². The van der Waals surface area contributed by atoms with Crippen molar-refractivity contribution in [1.29, 1.82) is 0 Å². The number of amides is 1. The molecular formula is C13H16BrClN2O. The molecule has 1 fully saturated rings. The zero-order chi connectivity index (χ0) is 13.3. The number of nitrogens with two attached hydrogens (primary N) is 1. The lowest BCUT2D eigenvalue weighted by molar-refractivity contribution is 0.0898. The zero-order valence-electron chi connectivity index (χ0n) is 10.2. The van der Waals surface area contributed by atoms with Crippen LogP contribution in [-0.2, 0) is 0 Å². The molecule has 0 saturated heterocycles. The number of benzene rings is 1. The van der Waals surface area contributed by atoms with Gasteiger partial charge in [0, 0.05) is 16.6 Å². The Kier molecular flexibility index (Phi) is 3.99. The molecule has 1 aromatic rings. The summed E-state index contributed by atoms with van der Waals surface area (Å²) in [6.45, 7) is 2.46. The summed E-state index contributed by atoms with van der Waals surface area (Å²) < 4.78 is 0.782. The fourth-order valence-electron chi connectivity index (χ4n) is 2.01. The highest BCUT2D eigenvalue weighted by atomic mass is 79.9. The monoisotopic (exact) mass is 330 g/mol. The molecule has 1 saturated carbocycles. The quantitative estimate of drug-likeness (QED) is 0.891. The highest BCUT2D eigenvalue weighted by Crippen LogP contribution is 2.39. The summed E-state index contributed by atoms with van der Waals surface area (Å²) >= 11 is 9.29. The Labute approximate surface area is 120 Å². The molecule has 1 amide bonds. The van der Waals surface area contributed by atoms with Crippen LogP contribution in [0.2, 0.25) is 5.02 Å². The van der Waals surface area contributed by atoms with E-state index in [1.54, 1.807) is 18.2 Å². The maximum absolute atomic E-state index is 12.2. The van der Waals surface area contributed by atoms with Crippen molar-refractivity contribution in [3.8, 4) is 0 Å². The predicted octanol–water partition coefficient (Wildman–Crippen LogP) is 2.96. The molecule has 2 rings (SSSR count). The molecule has 1 aromatic carbocycles. The minimum Gasteiger partial charge on any atom is -0.345 e. The van der Waals surface area contributed by atoms with E-state index in [-0.39, 0.29) is 11.4 Å². The van der Waals surface area contributed by atoms with Gasteiger partial charge in [0.1, 0.15) is 0 Å². The van der Waals surface area contributed by atoms with Gasteiger partial charge in [0.25, 0.3) is 5.91 Å². The van der Waals surface area contributed by atoms with Crippen molar-refractivity contribution in [2.24, 2.45) is 11.7 Å². The number of nitrogens with one attached hydrogen (secondary N) is 1. The average Bonchev–Trinajstić information content (AvgIpc) is 3.16. The number of hydrogen-bond acceptors (Lipinski definition) is 2. The highest BCUT2D eigenvalue weighted by molar-refractivity contribution is 9.10. The molecule has 3 nitrogen and oxygen atoms in total. The van der Waals surface area contributed by atoms with Gasteiger partial charge < -0.3 is 11.1 Å². The summed E-state index contributed by atoms with van der Waals surface area (Å²) in [5.41, 5.74) is 6.03. The van der Waals surface area contributed by atoms with Crippen LogP contribution in [0.5, 0.6) is 0 Å². The number of hydrogen-bond donors (Lipinski definition) is 2. The van der Waals surface area contributed by atoms with Crippen molar-refractivity contribution < 1.29 is 4.79 Å². The molecule has 0 aliphatic heterocycles. The average molecular weight is 332 g/mol. The Bertz CT molecular complexity index is 476. The molecule has 0 spiro atoms. The van der Waals surface area contributed by atoms with Gasteiger partial charge >= 0.3 is 0 Å². The second-order valence-electron chi connectivity index (χ2n) is 4.98. The van der Waals surface area contributed by atoms with Gasteiger partial charge in [-0.3, -0.25) is 4.79 Å². The van der Waals surface area contributed by atoms with Crippen LogP contribution in [0, 0.1) is 5.92 Å². The minimum atomic E-state index is -0.309. The van der Waals surface area contributed by atoms with Crippen molar-refractivity contribution in [2.75, 3.05) is 6.54 Å². The van der Waals surface area contributed by atoms with Crippen LogP contribution in [-0.4, -0.2) is 18.0 Å². The molecule has 0 radical (unpaired) electrons. The van der Waals surface area contributed by atoms with Gasteiger partial charge in [-0.1, -0.05) is 11.6 Å². The third kappa shape index (κ3) is 2.87. The first-order chi connectivity index (χ1) is 8.46. The Morgan fingerprint density at radius 2 is 2.28 bits per heavy atom. The molecule has 0 heterocycles. The van der Waals surface area contributed by atoms with Crippen molar-refractivity contribution in [3.05, 3.63) is 33.3 Å². The lowest BCUT2D eigenvalue weighted by atomic mass is 9.95. The third-order valence-electron chi connectivity index (χ3n) is 3.48. The summed E-state index contributed by atoms with van der Waals surface area (Å²) in [6, 6.07) is 5.17. The summed E-state index contributed by atoms with van der Waals surface area (Å²) in [5.74, 6) is 0.377. The van der Waals surface area contributed by atoms with Crippen LogP contribution in [0.25, 0.3) is 0 Å². The van der Waals surface area contributed by atoms with E-state index in [0.29, 0.717) is 23.0 Å². The maximum Gasteiger partial charge on any atom is 0.251 e.